The Morgan fingerprint density at radius 3 is 3.00 bits per heavy atom. The number of hydrogen-bond acceptors (Lipinski definition) is 4. The molecule has 1 fully saturated rings. The van der Waals surface area contributed by atoms with Crippen LogP contribution >= 0.6 is 11.3 Å². The molecule has 1 N–H and O–H groups in total. The van der Waals surface area contributed by atoms with Crippen LogP contribution in [0, 0.1) is 0 Å². The highest BCUT2D eigenvalue weighted by molar-refractivity contribution is 7.11. The minimum atomic E-state index is 0.00704. The van der Waals surface area contributed by atoms with Crippen LogP contribution in [0.5, 0.6) is 0 Å². The maximum atomic E-state index is 5.75. The van der Waals surface area contributed by atoms with Crippen molar-refractivity contribution in [3.8, 4) is 0 Å². The maximum Gasteiger partial charge on any atom is 0.109 e. The topological polar surface area (TPSA) is 34.2 Å². The lowest BCUT2D eigenvalue weighted by Crippen LogP contribution is -2.44. The molecular formula is C14H24N2OS. The first kappa shape index (κ1) is 14.0. The lowest BCUT2D eigenvalue weighted by atomic mass is 9.93. The molecule has 0 aromatic carbocycles. The van der Waals surface area contributed by atoms with Crippen LogP contribution in [-0.2, 0) is 11.2 Å². The Morgan fingerprint density at radius 1 is 1.61 bits per heavy atom. The number of aromatic nitrogens is 1. The predicted molar refractivity (Wildman–Crippen MR) is 76.1 cm³/mol. The normalized spacial score (nSPS) is 25.0. The van der Waals surface area contributed by atoms with E-state index in [0.717, 1.165) is 25.9 Å². The van der Waals surface area contributed by atoms with Gasteiger partial charge in [0.15, 0.2) is 0 Å². The fourth-order valence-corrected chi connectivity index (χ4v) is 3.35. The van der Waals surface area contributed by atoms with E-state index >= 15 is 0 Å². The van der Waals surface area contributed by atoms with E-state index < -0.39 is 0 Å². The number of nitrogens with one attached hydrogen (secondary N) is 1. The maximum absolute atomic E-state index is 5.75. The minimum absolute atomic E-state index is 0.00704. The van der Waals surface area contributed by atoms with E-state index in [2.05, 4.69) is 38.0 Å². The van der Waals surface area contributed by atoms with Gasteiger partial charge in [-0.25, -0.2) is 4.98 Å². The molecule has 0 saturated carbocycles. The van der Waals surface area contributed by atoms with E-state index in [1.807, 2.05) is 17.5 Å². The van der Waals surface area contributed by atoms with Crippen molar-refractivity contribution in [1.82, 2.24) is 10.3 Å². The fourth-order valence-electron chi connectivity index (χ4n) is 2.49. The zero-order chi connectivity index (χ0) is 13.2. The van der Waals surface area contributed by atoms with Crippen molar-refractivity contribution in [1.29, 1.82) is 0 Å². The van der Waals surface area contributed by atoms with Crippen molar-refractivity contribution in [3.05, 3.63) is 16.1 Å². The smallest absolute Gasteiger partial charge is 0.109 e. The molecule has 1 aliphatic heterocycles. The van der Waals surface area contributed by atoms with Gasteiger partial charge >= 0.3 is 0 Å². The summed E-state index contributed by atoms with van der Waals surface area (Å²) in [5.41, 5.74) is 0.00704. The van der Waals surface area contributed by atoms with Gasteiger partial charge in [-0.3, -0.25) is 0 Å². The molecule has 0 amide bonds. The van der Waals surface area contributed by atoms with Crippen molar-refractivity contribution < 1.29 is 4.74 Å². The Bertz CT molecular complexity index is 389. The van der Waals surface area contributed by atoms with Crippen LogP contribution in [-0.4, -0.2) is 23.2 Å². The standard InChI is InChI=1S/C14H24N2OS/c1-5-12-9-15-13(18-12)10(2)16-11-6-7-17-14(3,4)8-11/h9-11,16H,5-8H2,1-4H3. The summed E-state index contributed by atoms with van der Waals surface area (Å²) < 4.78 is 5.75. The largest absolute Gasteiger partial charge is 0.375 e. The Kier molecular flexibility index (Phi) is 4.41. The Labute approximate surface area is 114 Å². The van der Waals surface area contributed by atoms with E-state index in [-0.39, 0.29) is 5.60 Å². The van der Waals surface area contributed by atoms with Crippen molar-refractivity contribution in [2.75, 3.05) is 6.61 Å². The summed E-state index contributed by atoms with van der Waals surface area (Å²) >= 11 is 1.82. The van der Waals surface area contributed by atoms with E-state index in [9.17, 15) is 0 Å². The molecule has 2 atom stereocenters. The minimum Gasteiger partial charge on any atom is -0.375 e. The highest BCUT2D eigenvalue weighted by atomic mass is 32.1. The number of aryl methyl sites for hydroxylation is 1. The summed E-state index contributed by atoms with van der Waals surface area (Å²) in [4.78, 5) is 5.88. The van der Waals surface area contributed by atoms with Gasteiger partial charge in [0, 0.05) is 23.7 Å². The zero-order valence-electron chi connectivity index (χ0n) is 11.8. The van der Waals surface area contributed by atoms with Crippen molar-refractivity contribution in [3.63, 3.8) is 0 Å². The van der Waals surface area contributed by atoms with E-state index in [4.69, 9.17) is 4.74 Å². The summed E-state index contributed by atoms with van der Waals surface area (Å²) in [6.07, 6.45) is 5.25. The zero-order valence-corrected chi connectivity index (χ0v) is 12.6. The third kappa shape index (κ3) is 3.53. The van der Waals surface area contributed by atoms with Crippen molar-refractivity contribution in [2.45, 2.75) is 64.6 Å². The van der Waals surface area contributed by atoms with Gasteiger partial charge in [0.25, 0.3) is 0 Å². The third-order valence-electron chi connectivity index (χ3n) is 3.47. The van der Waals surface area contributed by atoms with Crippen LogP contribution in [0.25, 0.3) is 0 Å². The molecular weight excluding hydrogens is 244 g/mol. The summed E-state index contributed by atoms with van der Waals surface area (Å²) in [6.45, 7) is 9.58. The summed E-state index contributed by atoms with van der Waals surface area (Å²) in [5, 5.41) is 4.90. The van der Waals surface area contributed by atoms with Gasteiger partial charge < -0.3 is 10.1 Å². The van der Waals surface area contributed by atoms with Gasteiger partial charge in [-0.05, 0) is 40.0 Å². The van der Waals surface area contributed by atoms with Gasteiger partial charge in [0.2, 0.25) is 0 Å². The predicted octanol–water partition coefficient (Wildman–Crippen LogP) is 3.31. The second-order valence-electron chi connectivity index (χ2n) is 5.70. The van der Waals surface area contributed by atoms with Gasteiger partial charge in [0.05, 0.1) is 11.6 Å². The average Bonchev–Trinajstić information content (AvgIpc) is 2.76. The van der Waals surface area contributed by atoms with Crippen LogP contribution in [0.4, 0.5) is 0 Å². The SMILES string of the molecule is CCc1cnc(C(C)NC2CCOC(C)(C)C2)s1. The van der Waals surface area contributed by atoms with Gasteiger partial charge in [-0.15, -0.1) is 11.3 Å². The van der Waals surface area contributed by atoms with Crippen LogP contribution in [0.3, 0.4) is 0 Å². The third-order valence-corrected chi connectivity index (χ3v) is 4.80. The molecule has 4 heteroatoms. The Morgan fingerprint density at radius 2 is 2.39 bits per heavy atom. The molecule has 0 spiro atoms. The molecule has 2 unspecified atom stereocenters. The van der Waals surface area contributed by atoms with Gasteiger partial charge in [-0.2, -0.15) is 0 Å². The highest BCUT2D eigenvalue weighted by Crippen LogP contribution is 2.27. The Balaban J connectivity index is 1.92. The van der Waals surface area contributed by atoms with Gasteiger partial charge in [0.1, 0.15) is 5.01 Å². The highest BCUT2D eigenvalue weighted by Gasteiger charge is 2.29. The first-order valence-electron chi connectivity index (χ1n) is 6.85. The second kappa shape index (κ2) is 5.68. The monoisotopic (exact) mass is 268 g/mol. The molecule has 1 aromatic rings. The van der Waals surface area contributed by atoms with Crippen LogP contribution in [0.2, 0.25) is 0 Å². The molecule has 1 saturated heterocycles. The molecule has 102 valence electrons. The molecule has 2 rings (SSSR count). The summed E-state index contributed by atoms with van der Waals surface area (Å²) in [6, 6.07) is 0.881. The first-order chi connectivity index (χ1) is 8.50. The van der Waals surface area contributed by atoms with Crippen molar-refractivity contribution >= 4 is 11.3 Å². The average molecular weight is 268 g/mol. The molecule has 0 bridgehead atoms. The molecule has 2 heterocycles. The lowest BCUT2D eigenvalue weighted by Gasteiger charge is -2.37. The summed E-state index contributed by atoms with van der Waals surface area (Å²) in [7, 11) is 0. The number of thiazole rings is 1. The molecule has 1 aromatic heterocycles. The number of nitrogens with zero attached hydrogens (tertiary/aromatic N) is 1. The quantitative estimate of drug-likeness (QED) is 0.909. The van der Waals surface area contributed by atoms with E-state index in [0.29, 0.717) is 12.1 Å². The van der Waals surface area contributed by atoms with E-state index in [1.165, 1.54) is 9.88 Å². The molecule has 0 aliphatic carbocycles. The first-order valence-corrected chi connectivity index (χ1v) is 7.66. The fraction of sp³-hybridized carbons (Fsp3) is 0.786. The summed E-state index contributed by atoms with van der Waals surface area (Å²) in [5.74, 6) is 0. The number of ether oxygens (including phenoxy) is 1. The second-order valence-corrected chi connectivity index (χ2v) is 6.85. The number of hydrogen-bond donors (Lipinski definition) is 1. The molecule has 3 nitrogen and oxygen atoms in total. The molecule has 1 aliphatic rings. The van der Waals surface area contributed by atoms with Crippen LogP contribution in [0.1, 0.15) is 56.5 Å². The van der Waals surface area contributed by atoms with Gasteiger partial charge in [-0.1, -0.05) is 6.92 Å². The van der Waals surface area contributed by atoms with Crippen LogP contribution < -0.4 is 5.32 Å². The molecule has 18 heavy (non-hydrogen) atoms. The van der Waals surface area contributed by atoms with Crippen LogP contribution in [0.15, 0.2) is 6.20 Å². The lowest BCUT2D eigenvalue weighted by molar-refractivity contribution is -0.0640. The Hall–Kier alpha value is -0.450. The van der Waals surface area contributed by atoms with E-state index in [1.54, 1.807) is 0 Å². The number of rotatable bonds is 4. The molecule has 0 radical (unpaired) electrons. The van der Waals surface area contributed by atoms with Crippen molar-refractivity contribution in [2.24, 2.45) is 0 Å².